The standard InChI is InChI=1S/C13H9F6N3O4/c1-11(25,10(24)26-5-12(14,15)16)9(23)22-6-2-7(13(17,18)19)8(3-20)21-4-6/h2,4,25H,5H2,1H3,(H,22,23). The van der Waals surface area contributed by atoms with Crippen molar-refractivity contribution in [3.63, 3.8) is 0 Å². The molecule has 0 spiro atoms. The third-order valence-corrected chi connectivity index (χ3v) is 2.76. The van der Waals surface area contributed by atoms with Gasteiger partial charge in [0.1, 0.15) is 6.07 Å². The van der Waals surface area contributed by atoms with Gasteiger partial charge in [-0.15, -0.1) is 0 Å². The van der Waals surface area contributed by atoms with E-state index in [0.29, 0.717) is 19.2 Å². The molecule has 0 aliphatic heterocycles. The highest BCUT2D eigenvalue weighted by Crippen LogP contribution is 2.32. The van der Waals surface area contributed by atoms with Gasteiger partial charge in [-0.3, -0.25) is 4.79 Å². The Hall–Kier alpha value is -2.88. The number of aliphatic hydroxyl groups is 1. The molecule has 26 heavy (non-hydrogen) atoms. The predicted octanol–water partition coefficient (Wildman–Crippen LogP) is 1.77. The molecule has 0 bridgehead atoms. The van der Waals surface area contributed by atoms with E-state index in [4.69, 9.17) is 5.26 Å². The zero-order chi connectivity index (χ0) is 20.3. The van der Waals surface area contributed by atoms with E-state index in [0.717, 1.165) is 0 Å². The second kappa shape index (κ2) is 7.16. The van der Waals surface area contributed by atoms with E-state index in [1.165, 1.54) is 6.07 Å². The summed E-state index contributed by atoms with van der Waals surface area (Å²) in [6, 6.07) is 1.49. The van der Waals surface area contributed by atoms with E-state index in [2.05, 4.69) is 9.72 Å². The molecule has 0 saturated heterocycles. The summed E-state index contributed by atoms with van der Waals surface area (Å²) in [5.74, 6) is -3.63. The van der Waals surface area contributed by atoms with Crippen LogP contribution in [-0.2, 0) is 20.5 Å². The van der Waals surface area contributed by atoms with Gasteiger partial charge in [0.2, 0.25) is 5.60 Å². The Kier molecular flexibility index (Phi) is 5.83. The van der Waals surface area contributed by atoms with Crippen LogP contribution in [0.15, 0.2) is 12.3 Å². The van der Waals surface area contributed by atoms with Crippen LogP contribution in [0.25, 0.3) is 0 Å². The number of amides is 1. The second-order valence-electron chi connectivity index (χ2n) is 4.95. The highest BCUT2D eigenvalue weighted by atomic mass is 19.4. The lowest BCUT2D eigenvalue weighted by atomic mass is 10.1. The molecule has 0 radical (unpaired) electrons. The summed E-state index contributed by atoms with van der Waals surface area (Å²) in [5, 5.41) is 20.0. The molecule has 1 amide bonds. The van der Waals surface area contributed by atoms with Crippen molar-refractivity contribution in [3.05, 3.63) is 23.5 Å². The zero-order valence-electron chi connectivity index (χ0n) is 12.7. The molecular formula is C13H9F6N3O4. The number of nitriles is 1. The average molecular weight is 385 g/mol. The Morgan fingerprint density at radius 2 is 1.88 bits per heavy atom. The molecular weight excluding hydrogens is 376 g/mol. The van der Waals surface area contributed by atoms with Crippen molar-refractivity contribution in [3.8, 4) is 6.07 Å². The van der Waals surface area contributed by atoms with Gasteiger partial charge in [0, 0.05) is 0 Å². The monoisotopic (exact) mass is 385 g/mol. The van der Waals surface area contributed by atoms with Crippen molar-refractivity contribution in [1.29, 1.82) is 5.26 Å². The number of nitrogens with zero attached hydrogens (tertiary/aromatic N) is 2. The zero-order valence-corrected chi connectivity index (χ0v) is 12.7. The maximum Gasteiger partial charge on any atom is 0.422 e. The molecule has 1 unspecified atom stereocenters. The number of hydrogen-bond donors (Lipinski definition) is 2. The van der Waals surface area contributed by atoms with Gasteiger partial charge in [0.25, 0.3) is 5.91 Å². The van der Waals surface area contributed by atoms with Crippen molar-refractivity contribution >= 4 is 17.6 Å². The van der Waals surface area contributed by atoms with Crippen LogP contribution in [-0.4, -0.2) is 40.4 Å². The van der Waals surface area contributed by atoms with E-state index in [1.54, 1.807) is 5.32 Å². The number of pyridine rings is 1. The van der Waals surface area contributed by atoms with Crippen LogP contribution in [0.5, 0.6) is 0 Å². The lowest BCUT2D eigenvalue weighted by Crippen LogP contribution is -2.49. The fourth-order valence-corrected chi connectivity index (χ4v) is 1.47. The van der Waals surface area contributed by atoms with E-state index in [1.807, 2.05) is 0 Å². The van der Waals surface area contributed by atoms with Gasteiger partial charge in [0.05, 0.1) is 17.4 Å². The van der Waals surface area contributed by atoms with Crippen LogP contribution in [0.1, 0.15) is 18.2 Å². The number of nitrogens with one attached hydrogen (secondary N) is 1. The number of ether oxygens (including phenoxy) is 1. The SMILES string of the molecule is CC(O)(C(=O)Nc1cnc(C#N)c(C(F)(F)F)c1)C(=O)OCC(F)(F)F. The first-order valence-electron chi connectivity index (χ1n) is 6.43. The largest absolute Gasteiger partial charge is 0.454 e. The Morgan fingerprint density at radius 3 is 2.35 bits per heavy atom. The summed E-state index contributed by atoms with van der Waals surface area (Å²) < 4.78 is 78.0. The molecule has 0 fully saturated rings. The molecule has 1 aromatic heterocycles. The summed E-state index contributed by atoms with van der Waals surface area (Å²) in [6.07, 6.45) is -9.28. The van der Waals surface area contributed by atoms with Gasteiger partial charge < -0.3 is 15.2 Å². The number of halogens is 6. The Balaban J connectivity index is 2.99. The fourth-order valence-electron chi connectivity index (χ4n) is 1.47. The van der Waals surface area contributed by atoms with Gasteiger partial charge in [-0.05, 0) is 13.0 Å². The van der Waals surface area contributed by atoms with Crippen LogP contribution in [0.3, 0.4) is 0 Å². The molecule has 2 N–H and O–H groups in total. The Morgan fingerprint density at radius 1 is 1.31 bits per heavy atom. The molecule has 1 atom stereocenters. The number of carbonyl (C=O) groups excluding carboxylic acids is 2. The van der Waals surface area contributed by atoms with Crippen molar-refractivity contribution in [1.82, 2.24) is 4.98 Å². The molecule has 0 saturated carbocycles. The number of rotatable bonds is 4. The topological polar surface area (TPSA) is 112 Å². The summed E-state index contributed by atoms with van der Waals surface area (Å²) in [4.78, 5) is 26.4. The molecule has 1 heterocycles. The first-order valence-corrected chi connectivity index (χ1v) is 6.43. The molecule has 0 aliphatic rings. The predicted molar refractivity (Wildman–Crippen MR) is 70.2 cm³/mol. The summed E-state index contributed by atoms with van der Waals surface area (Å²) in [5.41, 5.74) is -6.29. The van der Waals surface area contributed by atoms with Crippen molar-refractivity contribution in [2.75, 3.05) is 11.9 Å². The van der Waals surface area contributed by atoms with Gasteiger partial charge in [-0.1, -0.05) is 0 Å². The lowest BCUT2D eigenvalue weighted by Gasteiger charge is -2.21. The van der Waals surface area contributed by atoms with Gasteiger partial charge in [0.15, 0.2) is 12.3 Å². The molecule has 0 aromatic carbocycles. The minimum Gasteiger partial charge on any atom is -0.454 e. The highest BCUT2D eigenvalue weighted by Gasteiger charge is 2.43. The normalized spacial score (nSPS) is 14.1. The smallest absolute Gasteiger partial charge is 0.422 e. The Bertz CT molecular complexity index is 752. The number of esters is 1. The summed E-state index contributed by atoms with van der Waals surface area (Å²) in [7, 11) is 0. The first-order chi connectivity index (χ1) is 11.7. The number of alkyl halides is 6. The molecule has 7 nitrogen and oxygen atoms in total. The third-order valence-electron chi connectivity index (χ3n) is 2.76. The molecule has 13 heteroatoms. The van der Waals surface area contributed by atoms with E-state index < -0.39 is 53.4 Å². The number of hydrogen-bond acceptors (Lipinski definition) is 6. The van der Waals surface area contributed by atoms with Crippen LogP contribution in [0.4, 0.5) is 32.0 Å². The fraction of sp³-hybridized carbons (Fsp3) is 0.385. The van der Waals surface area contributed by atoms with Crippen molar-refractivity contribution in [2.45, 2.75) is 24.9 Å². The third kappa shape index (κ3) is 5.31. The quantitative estimate of drug-likeness (QED) is 0.464. The van der Waals surface area contributed by atoms with E-state index in [9.17, 15) is 41.0 Å². The minimum atomic E-state index is -4.99. The van der Waals surface area contributed by atoms with Crippen LogP contribution in [0, 0.1) is 11.3 Å². The maximum absolute atomic E-state index is 12.8. The summed E-state index contributed by atoms with van der Waals surface area (Å²) in [6.45, 7) is -1.59. The molecule has 142 valence electrons. The van der Waals surface area contributed by atoms with Crippen molar-refractivity contribution in [2.24, 2.45) is 0 Å². The second-order valence-corrected chi connectivity index (χ2v) is 4.95. The Labute approximate surface area is 141 Å². The number of carbonyl (C=O) groups is 2. The van der Waals surface area contributed by atoms with Gasteiger partial charge in [-0.25, -0.2) is 9.78 Å². The van der Waals surface area contributed by atoms with Crippen molar-refractivity contribution < 1.29 is 45.8 Å². The maximum atomic E-state index is 12.8. The number of aromatic nitrogens is 1. The van der Waals surface area contributed by atoms with E-state index in [-0.39, 0.29) is 0 Å². The van der Waals surface area contributed by atoms with Crippen LogP contribution in [0.2, 0.25) is 0 Å². The molecule has 1 rings (SSSR count). The van der Waals surface area contributed by atoms with E-state index >= 15 is 0 Å². The first kappa shape index (κ1) is 21.2. The highest BCUT2D eigenvalue weighted by molar-refractivity contribution is 6.11. The lowest BCUT2D eigenvalue weighted by molar-refractivity contribution is -0.198. The van der Waals surface area contributed by atoms with Gasteiger partial charge in [-0.2, -0.15) is 31.6 Å². The molecule has 0 aliphatic carbocycles. The van der Waals surface area contributed by atoms with Crippen LogP contribution >= 0.6 is 0 Å². The van der Waals surface area contributed by atoms with Crippen LogP contribution < -0.4 is 5.32 Å². The summed E-state index contributed by atoms with van der Waals surface area (Å²) >= 11 is 0. The number of anilines is 1. The molecule has 1 aromatic rings. The minimum absolute atomic E-state index is 0.306. The average Bonchev–Trinajstić information content (AvgIpc) is 2.50. The van der Waals surface area contributed by atoms with Gasteiger partial charge >= 0.3 is 18.3 Å².